The van der Waals surface area contributed by atoms with Crippen molar-refractivity contribution < 1.29 is 14.1 Å². The van der Waals surface area contributed by atoms with Crippen LogP contribution in [0.15, 0.2) is 35.1 Å². The molecule has 22 heavy (non-hydrogen) atoms. The Bertz CT molecular complexity index is 602. The van der Waals surface area contributed by atoms with Crippen LogP contribution in [0, 0.1) is 6.92 Å². The lowest BCUT2D eigenvalue weighted by molar-refractivity contribution is 0.0855. The Kier molecular flexibility index (Phi) is 4.37. The van der Waals surface area contributed by atoms with Gasteiger partial charge >= 0.3 is 0 Å². The predicted molar refractivity (Wildman–Crippen MR) is 79.6 cm³/mol. The number of carbonyl (C=O) groups is 1. The third kappa shape index (κ3) is 3.63. The quantitative estimate of drug-likeness (QED) is 0.938. The molecule has 1 fully saturated rings. The van der Waals surface area contributed by atoms with Gasteiger partial charge in [0.1, 0.15) is 6.10 Å². The second kappa shape index (κ2) is 6.60. The molecule has 3 rings (SSSR count). The van der Waals surface area contributed by atoms with E-state index in [-0.39, 0.29) is 23.8 Å². The fraction of sp³-hybridized carbons (Fsp3) is 0.438. The summed E-state index contributed by atoms with van der Waals surface area (Å²) in [5.74, 6) is 0.712. The van der Waals surface area contributed by atoms with E-state index >= 15 is 0 Å². The molecule has 0 radical (unpaired) electrons. The molecule has 0 unspecified atom stereocenters. The van der Waals surface area contributed by atoms with Crippen LogP contribution in [0.4, 0.5) is 0 Å². The zero-order chi connectivity index (χ0) is 15.4. The maximum absolute atomic E-state index is 11.9. The van der Waals surface area contributed by atoms with Gasteiger partial charge in [-0.1, -0.05) is 11.2 Å². The Morgan fingerprint density at radius 1 is 1.27 bits per heavy atom. The molecule has 0 atom stereocenters. The summed E-state index contributed by atoms with van der Waals surface area (Å²) in [7, 11) is 0. The topological polar surface area (TPSA) is 77.2 Å². The third-order valence-electron chi connectivity index (χ3n) is 3.84. The van der Waals surface area contributed by atoms with Crippen molar-refractivity contribution in [3.8, 4) is 5.88 Å². The molecule has 0 saturated heterocycles. The molecule has 0 bridgehead atoms. The van der Waals surface area contributed by atoms with Crippen molar-refractivity contribution in [2.24, 2.45) is 0 Å². The van der Waals surface area contributed by atoms with Gasteiger partial charge in [-0.05, 0) is 38.2 Å². The largest absolute Gasteiger partial charge is 0.474 e. The highest BCUT2D eigenvalue weighted by Crippen LogP contribution is 2.23. The number of pyridine rings is 1. The van der Waals surface area contributed by atoms with Gasteiger partial charge in [-0.15, -0.1) is 0 Å². The maximum Gasteiger partial charge on any atom is 0.290 e. The molecule has 0 aliphatic heterocycles. The van der Waals surface area contributed by atoms with Gasteiger partial charge < -0.3 is 14.6 Å². The van der Waals surface area contributed by atoms with Crippen LogP contribution in [0.5, 0.6) is 5.88 Å². The highest BCUT2D eigenvalue weighted by Gasteiger charge is 2.25. The van der Waals surface area contributed by atoms with E-state index in [1.807, 2.05) is 19.1 Å². The number of carbonyl (C=O) groups excluding carboxylic acids is 1. The van der Waals surface area contributed by atoms with Gasteiger partial charge in [0.25, 0.3) is 5.91 Å². The number of amides is 1. The van der Waals surface area contributed by atoms with Gasteiger partial charge in [0.2, 0.25) is 11.6 Å². The SMILES string of the molecule is Cc1ccc(OC2CCC(NC(=O)c3ccno3)CC2)nc1. The van der Waals surface area contributed by atoms with E-state index in [1.54, 1.807) is 12.3 Å². The van der Waals surface area contributed by atoms with Gasteiger partial charge in [0, 0.05) is 24.4 Å². The van der Waals surface area contributed by atoms with Crippen LogP contribution in [0.1, 0.15) is 41.8 Å². The van der Waals surface area contributed by atoms with Gasteiger partial charge in [0.05, 0.1) is 6.20 Å². The van der Waals surface area contributed by atoms with Crippen LogP contribution in [-0.4, -0.2) is 28.2 Å². The molecule has 116 valence electrons. The summed E-state index contributed by atoms with van der Waals surface area (Å²) >= 11 is 0. The number of ether oxygens (including phenoxy) is 1. The Hall–Kier alpha value is -2.37. The van der Waals surface area contributed by atoms with E-state index in [9.17, 15) is 4.79 Å². The predicted octanol–water partition coefficient (Wildman–Crippen LogP) is 2.50. The summed E-state index contributed by atoms with van der Waals surface area (Å²) in [6.45, 7) is 2.00. The van der Waals surface area contributed by atoms with E-state index in [0.29, 0.717) is 5.88 Å². The molecule has 1 N–H and O–H groups in total. The zero-order valence-electron chi connectivity index (χ0n) is 12.5. The molecule has 1 amide bonds. The number of aromatic nitrogens is 2. The average Bonchev–Trinajstić information content (AvgIpc) is 3.06. The van der Waals surface area contributed by atoms with Crippen molar-refractivity contribution in [1.29, 1.82) is 0 Å². The van der Waals surface area contributed by atoms with E-state index in [0.717, 1.165) is 31.2 Å². The molecule has 2 aromatic rings. The molecule has 0 aromatic carbocycles. The first-order valence-electron chi connectivity index (χ1n) is 7.51. The lowest BCUT2D eigenvalue weighted by Crippen LogP contribution is -2.39. The van der Waals surface area contributed by atoms with Crippen LogP contribution in [-0.2, 0) is 0 Å². The molecule has 1 aliphatic carbocycles. The van der Waals surface area contributed by atoms with Crippen LogP contribution < -0.4 is 10.1 Å². The van der Waals surface area contributed by atoms with Crippen molar-refractivity contribution in [2.45, 2.75) is 44.8 Å². The van der Waals surface area contributed by atoms with Crippen LogP contribution in [0.25, 0.3) is 0 Å². The summed E-state index contributed by atoms with van der Waals surface area (Å²) in [5, 5.41) is 6.51. The second-order valence-corrected chi connectivity index (χ2v) is 5.62. The highest BCUT2D eigenvalue weighted by molar-refractivity contribution is 5.91. The Balaban J connectivity index is 1.46. The minimum absolute atomic E-state index is 0.156. The summed E-state index contributed by atoms with van der Waals surface area (Å²) in [5.41, 5.74) is 1.12. The van der Waals surface area contributed by atoms with Gasteiger partial charge in [-0.25, -0.2) is 4.98 Å². The van der Waals surface area contributed by atoms with Crippen molar-refractivity contribution >= 4 is 5.91 Å². The normalized spacial score (nSPS) is 21.3. The fourth-order valence-electron chi connectivity index (χ4n) is 2.61. The molecular formula is C16H19N3O3. The minimum Gasteiger partial charge on any atom is -0.474 e. The Morgan fingerprint density at radius 2 is 2.09 bits per heavy atom. The van der Waals surface area contributed by atoms with E-state index in [4.69, 9.17) is 9.26 Å². The summed E-state index contributed by atoms with van der Waals surface area (Å²) in [6, 6.07) is 5.61. The molecule has 1 saturated carbocycles. The number of nitrogens with one attached hydrogen (secondary N) is 1. The molecule has 6 heteroatoms. The first kappa shape index (κ1) is 14.6. The first-order valence-corrected chi connectivity index (χ1v) is 7.51. The zero-order valence-corrected chi connectivity index (χ0v) is 12.5. The number of aryl methyl sites for hydroxylation is 1. The molecular weight excluding hydrogens is 282 g/mol. The number of hydrogen-bond acceptors (Lipinski definition) is 5. The molecule has 2 heterocycles. The van der Waals surface area contributed by atoms with E-state index in [2.05, 4.69) is 15.5 Å². The standard InChI is InChI=1S/C16H19N3O3/c1-11-2-7-15(17-10-11)21-13-5-3-12(4-6-13)19-16(20)14-8-9-18-22-14/h2,7-10,12-13H,3-6H2,1H3,(H,19,20). The number of hydrogen-bond donors (Lipinski definition) is 1. The van der Waals surface area contributed by atoms with Gasteiger partial charge in [0.15, 0.2) is 0 Å². The van der Waals surface area contributed by atoms with Crippen molar-refractivity contribution in [1.82, 2.24) is 15.5 Å². The van der Waals surface area contributed by atoms with E-state index in [1.165, 1.54) is 6.20 Å². The smallest absolute Gasteiger partial charge is 0.290 e. The first-order chi connectivity index (χ1) is 10.7. The van der Waals surface area contributed by atoms with Crippen molar-refractivity contribution in [3.63, 3.8) is 0 Å². The Labute approximate surface area is 128 Å². The van der Waals surface area contributed by atoms with Crippen LogP contribution in [0.3, 0.4) is 0 Å². The third-order valence-corrected chi connectivity index (χ3v) is 3.84. The summed E-state index contributed by atoms with van der Waals surface area (Å²) in [6.07, 6.45) is 7.00. The summed E-state index contributed by atoms with van der Waals surface area (Å²) in [4.78, 5) is 16.2. The number of rotatable bonds is 4. The monoisotopic (exact) mass is 301 g/mol. The number of nitrogens with zero attached hydrogens (tertiary/aromatic N) is 2. The lowest BCUT2D eigenvalue weighted by Gasteiger charge is -2.28. The minimum atomic E-state index is -0.206. The fourth-order valence-corrected chi connectivity index (χ4v) is 2.61. The maximum atomic E-state index is 11.9. The van der Waals surface area contributed by atoms with E-state index < -0.39 is 0 Å². The summed E-state index contributed by atoms with van der Waals surface area (Å²) < 4.78 is 10.7. The second-order valence-electron chi connectivity index (χ2n) is 5.62. The van der Waals surface area contributed by atoms with Gasteiger partial charge in [-0.3, -0.25) is 4.79 Å². The molecule has 6 nitrogen and oxygen atoms in total. The van der Waals surface area contributed by atoms with Crippen LogP contribution >= 0.6 is 0 Å². The Morgan fingerprint density at radius 3 is 2.73 bits per heavy atom. The molecule has 2 aromatic heterocycles. The van der Waals surface area contributed by atoms with Crippen molar-refractivity contribution in [2.75, 3.05) is 0 Å². The van der Waals surface area contributed by atoms with Crippen LogP contribution in [0.2, 0.25) is 0 Å². The average molecular weight is 301 g/mol. The molecule has 0 spiro atoms. The lowest BCUT2D eigenvalue weighted by atomic mass is 9.93. The van der Waals surface area contributed by atoms with Gasteiger partial charge in [-0.2, -0.15) is 0 Å². The molecule has 1 aliphatic rings. The highest BCUT2D eigenvalue weighted by atomic mass is 16.5. The van der Waals surface area contributed by atoms with Crippen molar-refractivity contribution in [3.05, 3.63) is 41.9 Å².